The Labute approximate surface area is 171 Å². The number of aryl methyl sites for hydroxylation is 1. The zero-order valence-electron chi connectivity index (χ0n) is 17.3. The fourth-order valence-electron chi connectivity index (χ4n) is 3.12. The van der Waals surface area contributed by atoms with Gasteiger partial charge in [-0.2, -0.15) is 5.10 Å². The molecule has 1 unspecified atom stereocenters. The zero-order valence-corrected chi connectivity index (χ0v) is 17.3. The summed E-state index contributed by atoms with van der Waals surface area (Å²) in [5.41, 5.74) is 4.99. The lowest BCUT2D eigenvalue weighted by atomic mass is 10.1. The lowest BCUT2D eigenvalue weighted by Gasteiger charge is -2.15. The Bertz CT molecular complexity index is 966. The van der Waals surface area contributed by atoms with E-state index >= 15 is 0 Å². The van der Waals surface area contributed by atoms with Gasteiger partial charge in [0.15, 0.2) is 0 Å². The highest BCUT2D eigenvalue weighted by atomic mass is 16.5. The number of ether oxygens (including phenoxy) is 1. The van der Waals surface area contributed by atoms with Crippen LogP contribution in [0.3, 0.4) is 0 Å². The summed E-state index contributed by atoms with van der Waals surface area (Å²) >= 11 is 0. The van der Waals surface area contributed by atoms with E-state index in [0.717, 1.165) is 22.5 Å². The molecule has 2 heterocycles. The van der Waals surface area contributed by atoms with Crippen LogP contribution in [0.4, 0.5) is 4.79 Å². The van der Waals surface area contributed by atoms with Crippen LogP contribution >= 0.6 is 0 Å². The molecule has 3 rings (SSSR count). The highest BCUT2D eigenvalue weighted by Crippen LogP contribution is 2.20. The summed E-state index contributed by atoms with van der Waals surface area (Å²) in [6, 6.07) is 11.4. The summed E-state index contributed by atoms with van der Waals surface area (Å²) in [6.45, 7) is 8.76. The molecule has 2 aromatic heterocycles. The maximum Gasteiger partial charge on any atom is 0.315 e. The molecule has 0 aliphatic carbocycles. The minimum absolute atomic E-state index is 0.186. The second-order valence-corrected chi connectivity index (χ2v) is 6.88. The first-order chi connectivity index (χ1) is 14.0. The van der Waals surface area contributed by atoms with E-state index in [0.29, 0.717) is 19.0 Å². The number of benzene rings is 1. The molecule has 0 radical (unpaired) electrons. The maximum absolute atomic E-state index is 12.4. The van der Waals surface area contributed by atoms with Crippen molar-refractivity contribution in [3.8, 4) is 11.6 Å². The van der Waals surface area contributed by atoms with Crippen LogP contribution in [0.2, 0.25) is 0 Å². The largest absolute Gasteiger partial charge is 0.478 e. The SMILES string of the molecule is CCOc1ncccc1CNC(=O)NC(C)c1cnn(-c2ccc(C)cc2)c1C. The van der Waals surface area contributed by atoms with Gasteiger partial charge in [0.25, 0.3) is 0 Å². The lowest BCUT2D eigenvalue weighted by Crippen LogP contribution is -2.36. The highest BCUT2D eigenvalue weighted by molar-refractivity contribution is 5.74. The van der Waals surface area contributed by atoms with Crippen LogP contribution in [0.25, 0.3) is 5.69 Å². The summed E-state index contributed by atoms with van der Waals surface area (Å²) in [5.74, 6) is 0.540. The maximum atomic E-state index is 12.4. The van der Waals surface area contributed by atoms with E-state index in [9.17, 15) is 4.79 Å². The van der Waals surface area contributed by atoms with Crippen molar-refractivity contribution < 1.29 is 9.53 Å². The van der Waals surface area contributed by atoms with Crippen LogP contribution in [-0.4, -0.2) is 27.4 Å². The molecule has 0 fully saturated rings. The predicted molar refractivity (Wildman–Crippen MR) is 112 cm³/mol. The fourth-order valence-corrected chi connectivity index (χ4v) is 3.12. The minimum Gasteiger partial charge on any atom is -0.478 e. The monoisotopic (exact) mass is 393 g/mol. The van der Waals surface area contributed by atoms with Crippen LogP contribution in [-0.2, 0) is 6.54 Å². The molecule has 0 bridgehead atoms. The molecular formula is C22H27N5O2. The Morgan fingerprint density at radius 3 is 2.69 bits per heavy atom. The molecule has 1 atom stereocenters. The lowest BCUT2D eigenvalue weighted by molar-refractivity contribution is 0.237. The number of aromatic nitrogens is 3. The van der Waals surface area contributed by atoms with Crippen molar-refractivity contribution in [2.24, 2.45) is 0 Å². The van der Waals surface area contributed by atoms with Crippen molar-refractivity contribution in [2.45, 2.75) is 40.3 Å². The Morgan fingerprint density at radius 1 is 1.21 bits per heavy atom. The van der Waals surface area contributed by atoms with Crippen molar-refractivity contribution in [2.75, 3.05) is 6.61 Å². The van der Waals surface area contributed by atoms with Crippen molar-refractivity contribution in [1.29, 1.82) is 0 Å². The molecule has 152 valence electrons. The Hall–Kier alpha value is -3.35. The van der Waals surface area contributed by atoms with Crippen molar-refractivity contribution in [3.63, 3.8) is 0 Å². The Balaban J connectivity index is 1.62. The first-order valence-corrected chi connectivity index (χ1v) is 9.72. The quantitative estimate of drug-likeness (QED) is 0.639. The minimum atomic E-state index is -0.258. The molecule has 29 heavy (non-hydrogen) atoms. The van der Waals surface area contributed by atoms with Gasteiger partial charge in [-0.3, -0.25) is 0 Å². The second-order valence-electron chi connectivity index (χ2n) is 6.88. The number of carbonyl (C=O) groups excluding carboxylic acids is 1. The van der Waals surface area contributed by atoms with Crippen LogP contribution < -0.4 is 15.4 Å². The molecule has 0 aliphatic rings. The average Bonchev–Trinajstić information content (AvgIpc) is 3.09. The van der Waals surface area contributed by atoms with Gasteiger partial charge in [-0.05, 0) is 45.9 Å². The molecule has 0 saturated heterocycles. The topological polar surface area (TPSA) is 81.1 Å². The van der Waals surface area contributed by atoms with E-state index in [1.165, 1.54) is 5.56 Å². The molecule has 0 aliphatic heterocycles. The highest BCUT2D eigenvalue weighted by Gasteiger charge is 2.16. The third-order valence-corrected chi connectivity index (χ3v) is 4.71. The fraction of sp³-hybridized carbons (Fsp3) is 0.318. The van der Waals surface area contributed by atoms with E-state index in [-0.39, 0.29) is 12.1 Å². The number of hydrogen-bond acceptors (Lipinski definition) is 4. The van der Waals surface area contributed by atoms with E-state index < -0.39 is 0 Å². The molecule has 0 spiro atoms. The molecule has 1 aromatic carbocycles. The van der Waals surface area contributed by atoms with Gasteiger partial charge in [-0.15, -0.1) is 0 Å². The third-order valence-electron chi connectivity index (χ3n) is 4.71. The standard InChI is InChI=1S/C22H27N5O2/c1-5-29-21-18(7-6-12-23-21)13-24-22(28)26-16(3)20-14-25-27(17(20)4)19-10-8-15(2)9-11-19/h6-12,14,16H,5,13H2,1-4H3,(H2,24,26,28). The molecule has 7 nitrogen and oxygen atoms in total. The second kappa shape index (κ2) is 9.23. The van der Waals surface area contributed by atoms with Gasteiger partial charge in [-0.1, -0.05) is 23.8 Å². The first kappa shape index (κ1) is 20.4. The number of nitrogens with one attached hydrogen (secondary N) is 2. The van der Waals surface area contributed by atoms with Gasteiger partial charge >= 0.3 is 6.03 Å². The van der Waals surface area contributed by atoms with Crippen molar-refractivity contribution in [3.05, 3.63) is 71.2 Å². The summed E-state index contributed by atoms with van der Waals surface area (Å²) in [6.07, 6.45) is 3.47. The molecule has 7 heteroatoms. The number of pyridine rings is 1. The first-order valence-electron chi connectivity index (χ1n) is 9.72. The van der Waals surface area contributed by atoms with Gasteiger partial charge in [0, 0.05) is 29.6 Å². The van der Waals surface area contributed by atoms with Gasteiger partial charge < -0.3 is 15.4 Å². The Morgan fingerprint density at radius 2 is 1.97 bits per heavy atom. The van der Waals surface area contributed by atoms with E-state index in [2.05, 4.69) is 39.8 Å². The molecular weight excluding hydrogens is 366 g/mol. The number of rotatable bonds is 7. The van der Waals surface area contributed by atoms with Crippen LogP contribution in [0.1, 0.15) is 42.3 Å². The average molecular weight is 393 g/mol. The van der Waals surface area contributed by atoms with Crippen LogP contribution in [0.5, 0.6) is 5.88 Å². The predicted octanol–water partition coefficient (Wildman–Crippen LogP) is 3.84. The summed E-state index contributed by atoms with van der Waals surface area (Å²) in [4.78, 5) is 16.6. The summed E-state index contributed by atoms with van der Waals surface area (Å²) in [5, 5.41) is 10.3. The Kier molecular flexibility index (Phi) is 6.49. The third kappa shape index (κ3) is 4.93. The van der Waals surface area contributed by atoms with E-state index in [1.54, 1.807) is 12.4 Å². The number of nitrogens with zero attached hydrogens (tertiary/aromatic N) is 3. The van der Waals surface area contributed by atoms with Gasteiger partial charge in [-0.25, -0.2) is 14.5 Å². The number of amides is 2. The van der Waals surface area contributed by atoms with E-state index in [1.807, 2.05) is 49.7 Å². The normalized spacial score (nSPS) is 11.7. The molecule has 0 saturated carbocycles. The molecule has 2 N–H and O–H groups in total. The van der Waals surface area contributed by atoms with Crippen LogP contribution in [0.15, 0.2) is 48.8 Å². The zero-order chi connectivity index (χ0) is 20.8. The van der Waals surface area contributed by atoms with Crippen molar-refractivity contribution >= 4 is 6.03 Å². The van der Waals surface area contributed by atoms with Gasteiger partial charge in [0.1, 0.15) is 0 Å². The smallest absolute Gasteiger partial charge is 0.315 e. The van der Waals surface area contributed by atoms with Gasteiger partial charge in [0.2, 0.25) is 5.88 Å². The summed E-state index contributed by atoms with van der Waals surface area (Å²) in [7, 11) is 0. The molecule has 3 aromatic rings. The van der Waals surface area contributed by atoms with E-state index in [4.69, 9.17) is 4.74 Å². The van der Waals surface area contributed by atoms with Crippen molar-refractivity contribution in [1.82, 2.24) is 25.4 Å². The number of hydrogen-bond donors (Lipinski definition) is 2. The van der Waals surface area contributed by atoms with Crippen LogP contribution in [0, 0.1) is 13.8 Å². The summed E-state index contributed by atoms with van der Waals surface area (Å²) < 4.78 is 7.38. The molecule has 2 amide bonds. The number of urea groups is 1. The number of carbonyl (C=O) groups is 1. The van der Waals surface area contributed by atoms with Gasteiger partial charge in [0.05, 0.1) is 24.5 Å².